The Morgan fingerprint density at radius 2 is 1.69 bits per heavy atom. The SMILES string of the molecule is Cc1c(Cl)cccc1N(CCCC(=O)N(Cc1ccccc1)[C@@H](C)C(=O)NCC(C)C)S(C)(=O)=O. The summed E-state index contributed by atoms with van der Waals surface area (Å²) in [6, 6.07) is 13.9. The maximum atomic E-state index is 13.3. The smallest absolute Gasteiger partial charge is 0.242 e. The molecule has 0 aliphatic heterocycles. The summed E-state index contributed by atoms with van der Waals surface area (Å²) in [5.41, 5.74) is 2.07. The van der Waals surface area contributed by atoms with Crippen molar-refractivity contribution >= 4 is 39.1 Å². The van der Waals surface area contributed by atoms with Crippen molar-refractivity contribution < 1.29 is 18.0 Å². The van der Waals surface area contributed by atoms with E-state index in [0.717, 1.165) is 11.8 Å². The van der Waals surface area contributed by atoms with Crippen molar-refractivity contribution in [2.75, 3.05) is 23.7 Å². The number of carbonyl (C=O) groups is 2. The van der Waals surface area contributed by atoms with E-state index in [1.54, 1.807) is 36.9 Å². The van der Waals surface area contributed by atoms with E-state index in [2.05, 4.69) is 5.32 Å². The van der Waals surface area contributed by atoms with Crippen LogP contribution < -0.4 is 9.62 Å². The molecule has 2 amide bonds. The maximum Gasteiger partial charge on any atom is 0.242 e. The highest BCUT2D eigenvalue weighted by Crippen LogP contribution is 2.28. The number of hydrogen-bond acceptors (Lipinski definition) is 4. The number of amides is 2. The molecule has 2 rings (SSSR count). The van der Waals surface area contributed by atoms with E-state index < -0.39 is 16.1 Å². The molecular weight excluding hydrogens is 486 g/mol. The molecule has 1 atom stereocenters. The van der Waals surface area contributed by atoms with Gasteiger partial charge in [0.2, 0.25) is 21.8 Å². The van der Waals surface area contributed by atoms with Crippen LogP contribution in [0.4, 0.5) is 5.69 Å². The van der Waals surface area contributed by atoms with Crippen LogP contribution in [0.1, 0.15) is 44.7 Å². The number of carbonyl (C=O) groups excluding carboxylic acids is 2. The topological polar surface area (TPSA) is 86.8 Å². The first-order valence-corrected chi connectivity index (χ1v) is 14.0. The number of nitrogens with zero attached hydrogens (tertiary/aromatic N) is 2. The zero-order valence-electron chi connectivity index (χ0n) is 21.1. The normalized spacial score (nSPS) is 12.3. The third-order valence-electron chi connectivity index (χ3n) is 5.71. The Labute approximate surface area is 214 Å². The summed E-state index contributed by atoms with van der Waals surface area (Å²) >= 11 is 6.20. The first kappa shape index (κ1) is 28.7. The van der Waals surface area contributed by atoms with Gasteiger partial charge in [0.25, 0.3) is 0 Å². The monoisotopic (exact) mass is 521 g/mol. The molecule has 0 aliphatic carbocycles. The van der Waals surface area contributed by atoms with Gasteiger partial charge >= 0.3 is 0 Å². The van der Waals surface area contributed by atoms with Crippen molar-refractivity contribution in [2.24, 2.45) is 5.92 Å². The molecule has 192 valence electrons. The molecule has 1 N–H and O–H groups in total. The van der Waals surface area contributed by atoms with Crippen LogP contribution >= 0.6 is 11.6 Å². The Kier molecular flexibility index (Phi) is 10.6. The number of anilines is 1. The van der Waals surface area contributed by atoms with Crippen molar-refractivity contribution in [3.05, 3.63) is 64.7 Å². The van der Waals surface area contributed by atoms with Crippen molar-refractivity contribution in [3.63, 3.8) is 0 Å². The molecule has 2 aromatic rings. The molecule has 0 saturated heterocycles. The molecule has 2 aromatic carbocycles. The lowest BCUT2D eigenvalue weighted by atomic mass is 10.1. The third-order valence-corrected chi connectivity index (χ3v) is 7.30. The molecule has 0 radical (unpaired) electrons. The van der Waals surface area contributed by atoms with Crippen LogP contribution in [0.3, 0.4) is 0 Å². The van der Waals surface area contributed by atoms with E-state index in [0.29, 0.717) is 41.7 Å². The Balaban J connectivity index is 2.16. The number of rotatable bonds is 12. The minimum atomic E-state index is -3.58. The largest absolute Gasteiger partial charge is 0.354 e. The zero-order chi connectivity index (χ0) is 26.2. The highest BCUT2D eigenvalue weighted by Gasteiger charge is 2.27. The van der Waals surface area contributed by atoms with Gasteiger partial charge in [0.05, 0.1) is 11.9 Å². The molecule has 0 saturated carbocycles. The maximum absolute atomic E-state index is 13.3. The van der Waals surface area contributed by atoms with Gasteiger partial charge in [-0.2, -0.15) is 0 Å². The number of nitrogens with one attached hydrogen (secondary N) is 1. The quantitative estimate of drug-likeness (QED) is 0.449. The second-order valence-corrected chi connectivity index (χ2v) is 11.5. The molecule has 0 fully saturated rings. The van der Waals surface area contributed by atoms with Crippen molar-refractivity contribution in [3.8, 4) is 0 Å². The first-order chi connectivity index (χ1) is 16.4. The standard InChI is InChI=1S/C26H36ClN3O4S/c1-19(2)17-28-26(32)21(4)29(18-22-11-7-6-8-12-22)25(31)15-10-16-30(35(5,33)34)24-14-9-13-23(27)20(24)3/h6-9,11-14,19,21H,10,15-18H2,1-5H3,(H,28,32)/t21-/m0/s1. The molecule has 35 heavy (non-hydrogen) atoms. The van der Waals surface area contributed by atoms with Gasteiger partial charge in [-0.05, 0) is 49.4 Å². The average molecular weight is 522 g/mol. The van der Waals surface area contributed by atoms with Gasteiger partial charge in [-0.15, -0.1) is 0 Å². The minimum Gasteiger partial charge on any atom is -0.354 e. The van der Waals surface area contributed by atoms with Crippen LogP contribution in [-0.4, -0.2) is 50.5 Å². The molecule has 0 unspecified atom stereocenters. The van der Waals surface area contributed by atoms with Gasteiger partial charge < -0.3 is 10.2 Å². The van der Waals surface area contributed by atoms with E-state index in [1.807, 2.05) is 44.2 Å². The van der Waals surface area contributed by atoms with Crippen LogP contribution in [0.5, 0.6) is 0 Å². The lowest BCUT2D eigenvalue weighted by Gasteiger charge is -2.30. The number of benzene rings is 2. The summed E-state index contributed by atoms with van der Waals surface area (Å²) in [4.78, 5) is 27.6. The van der Waals surface area contributed by atoms with Crippen LogP contribution in [-0.2, 0) is 26.2 Å². The van der Waals surface area contributed by atoms with E-state index in [9.17, 15) is 18.0 Å². The van der Waals surface area contributed by atoms with E-state index in [-0.39, 0.29) is 24.8 Å². The number of halogens is 1. The Hall–Kier alpha value is -2.58. The number of sulfonamides is 1. The Bertz CT molecular complexity index is 1110. The van der Waals surface area contributed by atoms with Gasteiger partial charge in [0.15, 0.2) is 0 Å². The minimum absolute atomic E-state index is 0.0975. The molecule has 7 nitrogen and oxygen atoms in total. The van der Waals surface area contributed by atoms with Crippen molar-refractivity contribution in [1.29, 1.82) is 0 Å². The highest BCUT2D eigenvalue weighted by molar-refractivity contribution is 7.92. The molecule has 0 bridgehead atoms. The lowest BCUT2D eigenvalue weighted by molar-refractivity contribution is -0.140. The van der Waals surface area contributed by atoms with Gasteiger partial charge in [0.1, 0.15) is 6.04 Å². The van der Waals surface area contributed by atoms with E-state index in [4.69, 9.17) is 11.6 Å². The van der Waals surface area contributed by atoms with Gasteiger partial charge in [-0.1, -0.05) is 61.8 Å². The van der Waals surface area contributed by atoms with E-state index in [1.165, 1.54) is 4.31 Å². The summed E-state index contributed by atoms with van der Waals surface area (Å²) in [7, 11) is -3.58. The van der Waals surface area contributed by atoms with Crippen molar-refractivity contribution in [2.45, 2.75) is 53.1 Å². The Morgan fingerprint density at radius 1 is 1.03 bits per heavy atom. The van der Waals surface area contributed by atoms with Gasteiger partial charge in [-0.3, -0.25) is 13.9 Å². The van der Waals surface area contributed by atoms with Crippen LogP contribution in [0.25, 0.3) is 0 Å². The predicted octanol–water partition coefficient (Wildman–Crippen LogP) is 4.38. The molecule has 0 heterocycles. The van der Waals surface area contributed by atoms with Crippen molar-refractivity contribution in [1.82, 2.24) is 10.2 Å². The van der Waals surface area contributed by atoms with Crippen LogP contribution in [0, 0.1) is 12.8 Å². The molecule has 0 aromatic heterocycles. The molecule has 9 heteroatoms. The van der Waals surface area contributed by atoms with Crippen LogP contribution in [0.15, 0.2) is 48.5 Å². The van der Waals surface area contributed by atoms with Gasteiger partial charge in [-0.25, -0.2) is 8.42 Å². The molecule has 0 spiro atoms. The summed E-state index contributed by atoms with van der Waals surface area (Å²) in [6.45, 7) is 8.44. The summed E-state index contributed by atoms with van der Waals surface area (Å²) in [5, 5.41) is 3.37. The fourth-order valence-corrected chi connectivity index (χ4v) is 4.85. The summed E-state index contributed by atoms with van der Waals surface area (Å²) in [6.07, 6.45) is 1.53. The van der Waals surface area contributed by atoms with Gasteiger partial charge in [0, 0.05) is 31.1 Å². The third kappa shape index (κ3) is 8.54. The summed E-state index contributed by atoms with van der Waals surface area (Å²) < 4.78 is 26.3. The fourth-order valence-electron chi connectivity index (χ4n) is 3.66. The van der Waals surface area contributed by atoms with E-state index >= 15 is 0 Å². The predicted molar refractivity (Wildman–Crippen MR) is 142 cm³/mol. The number of hydrogen-bond donors (Lipinski definition) is 1. The molecular formula is C26H36ClN3O4S. The second kappa shape index (κ2) is 12.9. The fraction of sp³-hybridized carbons (Fsp3) is 0.462. The van der Waals surface area contributed by atoms with Crippen LogP contribution in [0.2, 0.25) is 5.02 Å². The lowest BCUT2D eigenvalue weighted by Crippen LogP contribution is -2.48. The highest BCUT2D eigenvalue weighted by atomic mass is 35.5. The zero-order valence-corrected chi connectivity index (χ0v) is 22.7. The second-order valence-electron chi connectivity index (χ2n) is 9.14. The molecule has 0 aliphatic rings. The Morgan fingerprint density at radius 3 is 2.29 bits per heavy atom. The average Bonchev–Trinajstić information content (AvgIpc) is 2.80. The summed E-state index contributed by atoms with van der Waals surface area (Å²) in [5.74, 6) is -0.131. The first-order valence-electron chi connectivity index (χ1n) is 11.8.